The predicted octanol–water partition coefficient (Wildman–Crippen LogP) is -0.278. The molecule has 0 saturated carbocycles. The maximum absolute atomic E-state index is 11.8. The van der Waals surface area contributed by atoms with Crippen molar-refractivity contribution in [3.05, 3.63) is 35.9 Å². The smallest absolute Gasteiger partial charge is 0.251 e. The van der Waals surface area contributed by atoms with Crippen molar-refractivity contribution in [2.24, 2.45) is 0 Å². The first-order valence-electron chi connectivity index (χ1n) is 6.61. The van der Waals surface area contributed by atoms with Gasteiger partial charge in [0.05, 0.1) is 19.8 Å². The fraction of sp³-hybridized carbons (Fsp3) is 0.500. The van der Waals surface area contributed by atoms with Crippen LogP contribution in [0.5, 0.6) is 0 Å². The highest BCUT2D eigenvalue weighted by Gasteiger charge is 2.12. The minimum Gasteiger partial charge on any atom is -0.370 e. The Morgan fingerprint density at radius 2 is 1.94 bits per heavy atom. The number of nitrogens with one attached hydrogen (secondary N) is 2. The van der Waals surface area contributed by atoms with E-state index in [1.54, 1.807) is 4.90 Å². The summed E-state index contributed by atoms with van der Waals surface area (Å²) in [6.45, 7) is 5.77. The molecule has 0 radical (unpaired) electrons. The zero-order chi connectivity index (χ0) is 12.6. The van der Waals surface area contributed by atoms with Gasteiger partial charge < -0.3 is 15.0 Å². The molecule has 18 heavy (non-hydrogen) atoms. The van der Waals surface area contributed by atoms with Crippen LogP contribution in [0.3, 0.4) is 0 Å². The Hall–Kier alpha value is -1.39. The molecule has 1 amide bonds. The van der Waals surface area contributed by atoms with Crippen molar-refractivity contribution in [2.45, 2.75) is 6.42 Å². The van der Waals surface area contributed by atoms with Crippen molar-refractivity contribution >= 4 is 5.91 Å². The summed E-state index contributed by atoms with van der Waals surface area (Å²) in [5.41, 5.74) is 0.733. The second kappa shape index (κ2) is 7.13. The molecule has 98 valence electrons. The van der Waals surface area contributed by atoms with E-state index in [1.807, 2.05) is 30.3 Å². The number of carbonyl (C=O) groups is 1. The van der Waals surface area contributed by atoms with E-state index in [0.29, 0.717) is 0 Å². The lowest BCUT2D eigenvalue weighted by Crippen LogP contribution is -3.14. The minimum atomic E-state index is 0.0209. The lowest BCUT2D eigenvalue weighted by atomic mass is 10.2. The Labute approximate surface area is 108 Å². The standard InChI is InChI=1S/C14H20N2O2/c17-14(13-5-2-1-3-6-13)15-7-4-8-16-9-11-18-12-10-16/h1-3,5-6H,4,7-12H2,(H,15,17)/p+1. The SMILES string of the molecule is O=C(NCCC[NH+]1CCOCC1)c1ccccc1. The van der Waals surface area contributed by atoms with E-state index >= 15 is 0 Å². The first-order valence-corrected chi connectivity index (χ1v) is 6.61. The van der Waals surface area contributed by atoms with Crippen LogP contribution in [0.2, 0.25) is 0 Å². The number of ether oxygens (including phenoxy) is 1. The van der Waals surface area contributed by atoms with Crippen LogP contribution in [0.25, 0.3) is 0 Å². The maximum Gasteiger partial charge on any atom is 0.251 e. The van der Waals surface area contributed by atoms with Crippen LogP contribution < -0.4 is 10.2 Å². The molecule has 1 saturated heterocycles. The van der Waals surface area contributed by atoms with Crippen LogP contribution in [-0.2, 0) is 4.74 Å². The van der Waals surface area contributed by atoms with E-state index < -0.39 is 0 Å². The largest absolute Gasteiger partial charge is 0.370 e. The van der Waals surface area contributed by atoms with Gasteiger partial charge in [-0.1, -0.05) is 18.2 Å². The predicted molar refractivity (Wildman–Crippen MR) is 69.8 cm³/mol. The Kier molecular flexibility index (Phi) is 5.17. The molecule has 4 nitrogen and oxygen atoms in total. The highest BCUT2D eigenvalue weighted by molar-refractivity contribution is 5.94. The van der Waals surface area contributed by atoms with E-state index in [9.17, 15) is 4.79 Å². The average Bonchev–Trinajstić information content (AvgIpc) is 2.45. The Morgan fingerprint density at radius 1 is 1.22 bits per heavy atom. The summed E-state index contributed by atoms with van der Waals surface area (Å²) < 4.78 is 5.31. The molecule has 0 unspecified atom stereocenters. The molecule has 2 N–H and O–H groups in total. The Balaban J connectivity index is 1.62. The van der Waals surface area contributed by atoms with Crippen molar-refractivity contribution in [1.29, 1.82) is 0 Å². The number of carbonyl (C=O) groups excluding carboxylic acids is 1. The number of quaternary nitrogens is 1. The first-order chi connectivity index (χ1) is 8.86. The number of amides is 1. The van der Waals surface area contributed by atoms with Crippen LogP contribution in [0.1, 0.15) is 16.8 Å². The minimum absolute atomic E-state index is 0.0209. The fourth-order valence-electron chi connectivity index (χ4n) is 2.14. The second-order valence-electron chi connectivity index (χ2n) is 4.59. The van der Waals surface area contributed by atoms with Gasteiger partial charge >= 0.3 is 0 Å². The van der Waals surface area contributed by atoms with Crippen LogP contribution in [0, 0.1) is 0 Å². The molecule has 0 bridgehead atoms. The van der Waals surface area contributed by atoms with Gasteiger partial charge in [0, 0.05) is 18.5 Å². The molecule has 1 aliphatic heterocycles. The van der Waals surface area contributed by atoms with Gasteiger partial charge in [0.2, 0.25) is 0 Å². The first kappa shape index (κ1) is 13.1. The molecule has 0 atom stereocenters. The molecule has 0 aromatic heterocycles. The summed E-state index contributed by atoms with van der Waals surface area (Å²) in [6.07, 6.45) is 1.02. The zero-order valence-electron chi connectivity index (χ0n) is 10.7. The van der Waals surface area contributed by atoms with Crippen molar-refractivity contribution in [3.63, 3.8) is 0 Å². The lowest BCUT2D eigenvalue weighted by molar-refractivity contribution is -0.908. The van der Waals surface area contributed by atoms with E-state index in [0.717, 1.165) is 51.4 Å². The van der Waals surface area contributed by atoms with Crippen LogP contribution in [0.15, 0.2) is 30.3 Å². The summed E-state index contributed by atoms with van der Waals surface area (Å²) in [5, 5.41) is 2.96. The number of rotatable bonds is 5. The highest BCUT2D eigenvalue weighted by atomic mass is 16.5. The highest BCUT2D eigenvalue weighted by Crippen LogP contribution is 1.97. The molecule has 1 heterocycles. The second-order valence-corrected chi connectivity index (χ2v) is 4.59. The van der Waals surface area contributed by atoms with E-state index in [2.05, 4.69) is 5.32 Å². The third-order valence-corrected chi connectivity index (χ3v) is 3.23. The molecular formula is C14H21N2O2+. The number of morpholine rings is 1. The molecule has 2 rings (SSSR count). The summed E-state index contributed by atoms with van der Waals surface area (Å²) >= 11 is 0. The molecule has 0 aliphatic carbocycles. The lowest BCUT2D eigenvalue weighted by Gasteiger charge is -2.23. The normalized spacial score (nSPS) is 16.4. The number of hydrogen-bond donors (Lipinski definition) is 2. The van der Waals surface area contributed by atoms with E-state index in [-0.39, 0.29) is 5.91 Å². The fourth-order valence-corrected chi connectivity index (χ4v) is 2.14. The monoisotopic (exact) mass is 249 g/mol. The van der Waals surface area contributed by atoms with Crippen molar-refractivity contribution in [3.8, 4) is 0 Å². The summed E-state index contributed by atoms with van der Waals surface area (Å²) in [5.74, 6) is 0.0209. The molecule has 1 aromatic carbocycles. The molecular weight excluding hydrogens is 228 g/mol. The van der Waals surface area contributed by atoms with Crippen molar-refractivity contribution in [1.82, 2.24) is 5.32 Å². The van der Waals surface area contributed by atoms with E-state index in [1.165, 1.54) is 0 Å². The molecule has 1 aromatic rings. The average molecular weight is 249 g/mol. The molecule has 4 heteroatoms. The van der Waals surface area contributed by atoms with Gasteiger partial charge in [-0.15, -0.1) is 0 Å². The van der Waals surface area contributed by atoms with Crippen molar-refractivity contribution < 1.29 is 14.4 Å². The van der Waals surface area contributed by atoms with Gasteiger partial charge in [-0.05, 0) is 12.1 Å². The van der Waals surface area contributed by atoms with Gasteiger partial charge in [-0.3, -0.25) is 4.79 Å². The Bertz CT molecular complexity index is 361. The quantitative estimate of drug-likeness (QED) is 0.705. The van der Waals surface area contributed by atoms with Gasteiger partial charge in [0.1, 0.15) is 13.1 Å². The Morgan fingerprint density at radius 3 is 2.67 bits per heavy atom. The summed E-state index contributed by atoms with van der Waals surface area (Å²) in [6, 6.07) is 9.35. The molecule has 1 aliphatic rings. The zero-order valence-corrected chi connectivity index (χ0v) is 10.7. The number of hydrogen-bond acceptors (Lipinski definition) is 2. The van der Waals surface area contributed by atoms with Crippen LogP contribution >= 0.6 is 0 Å². The van der Waals surface area contributed by atoms with Gasteiger partial charge in [-0.25, -0.2) is 0 Å². The van der Waals surface area contributed by atoms with Gasteiger partial charge in [0.15, 0.2) is 0 Å². The van der Waals surface area contributed by atoms with Crippen molar-refractivity contribution in [2.75, 3.05) is 39.4 Å². The van der Waals surface area contributed by atoms with Gasteiger partial charge in [0.25, 0.3) is 5.91 Å². The summed E-state index contributed by atoms with van der Waals surface area (Å²) in [7, 11) is 0. The van der Waals surface area contributed by atoms with E-state index in [4.69, 9.17) is 4.74 Å². The molecule has 1 fully saturated rings. The summed E-state index contributed by atoms with van der Waals surface area (Å²) in [4.78, 5) is 13.3. The van der Waals surface area contributed by atoms with Crippen LogP contribution in [0.4, 0.5) is 0 Å². The maximum atomic E-state index is 11.8. The molecule has 0 spiro atoms. The topological polar surface area (TPSA) is 42.8 Å². The van der Waals surface area contributed by atoms with Crippen LogP contribution in [-0.4, -0.2) is 45.3 Å². The number of benzene rings is 1. The third-order valence-electron chi connectivity index (χ3n) is 3.23. The van der Waals surface area contributed by atoms with Gasteiger partial charge in [-0.2, -0.15) is 0 Å². The third kappa shape index (κ3) is 4.13.